The molecule has 2 rings (SSSR count). The summed E-state index contributed by atoms with van der Waals surface area (Å²) in [6.45, 7) is 4.60. The summed E-state index contributed by atoms with van der Waals surface area (Å²) in [5.74, 6) is 2.20. The van der Waals surface area contributed by atoms with Crippen molar-refractivity contribution < 1.29 is 23.7 Å². The van der Waals surface area contributed by atoms with Crippen molar-refractivity contribution >= 4 is 23.7 Å². The third-order valence-electron chi connectivity index (χ3n) is 3.61. The Labute approximate surface area is 175 Å². The van der Waals surface area contributed by atoms with Crippen LogP contribution in [0.25, 0.3) is 0 Å². The number of halogens is 1. The molecular weight excluding hydrogens is 396 g/mol. The van der Waals surface area contributed by atoms with E-state index in [-0.39, 0.29) is 5.91 Å². The average molecular weight is 421 g/mol. The monoisotopic (exact) mass is 420 g/mol. The number of methoxy groups -OCH3 is 1. The number of carbonyl (C=O) groups is 1. The standard InChI is InChI=1S/C21H25ClN2O5/c1-4-27-20-12-16(14-23-24-15(2)25)11-19(22)21(20)29-10-6-9-28-18-8-5-7-17(13-18)26-3/h5,7-8,11-14H,4,6,9-10H2,1-3H3,(H,24,25)/b23-14-. The van der Waals surface area contributed by atoms with Crippen LogP contribution in [-0.2, 0) is 4.79 Å². The summed E-state index contributed by atoms with van der Waals surface area (Å²) in [5, 5.41) is 4.23. The van der Waals surface area contributed by atoms with Crippen molar-refractivity contribution in [3.8, 4) is 23.0 Å². The number of carbonyl (C=O) groups excluding carboxylic acids is 1. The predicted octanol–water partition coefficient (Wildman–Crippen LogP) is 4.07. The summed E-state index contributed by atoms with van der Waals surface area (Å²) in [4.78, 5) is 10.9. The molecule has 0 aromatic heterocycles. The van der Waals surface area contributed by atoms with Crippen molar-refractivity contribution in [2.75, 3.05) is 26.9 Å². The molecule has 0 aliphatic heterocycles. The van der Waals surface area contributed by atoms with E-state index in [1.54, 1.807) is 19.2 Å². The highest BCUT2D eigenvalue weighted by Gasteiger charge is 2.12. The molecule has 29 heavy (non-hydrogen) atoms. The van der Waals surface area contributed by atoms with Gasteiger partial charge in [0.05, 0.1) is 38.2 Å². The van der Waals surface area contributed by atoms with Crippen LogP contribution >= 0.6 is 11.6 Å². The van der Waals surface area contributed by atoms with E-state index in [2.05, 4.69) is 10.5 Å². The Morgan fingerprint density at radius 2 is 1.90 bits per heavy atom. The van der Waals surface area contributed by atoms with Gasteiger partial charge in [0.2, 0.25) is 5.91 Å². The maximum Gasteiger partial charge on any atom is 0.236 e. The number of hydrazone groups is 1. The molecule has 0 spiro atoms. The number of hydrogen-bond donors (Lipinski definition) is 1. The van der Waals surface area contributed by atoms with Crippen molar-refractivity contribution in [2.24, 2.45) is 5.10 Å². The van der Waals surface area contributed by atoms with E-state index in [0.29, 0.717) is 48.3 Å². The van der Waals surface area contributed by atoms with E-state index in [1.165, 1.54) is 13.1 Å². The van der Waals surface area contributed by atoms with Crippen molar-refractivity contribution in [3.05, 3.63) is 47.0 Å². The predicted molar refractivity (Wildman–Crippen MR) is 113 cm³/mol. The van der Waals surface area contributed by atoms with Gasteiger partial charge in [0.1, 0.15) is 11.5 Å². The zero-order valence-corrected chi connectivity index (χ0v) is 17.5. The minimum atomic E-state index is -0.256. The molecule has 2 aromatic carbocycles. The van der Waals surface area contributed by atoms with Crippen molar-refractivity contribution in [3.63, 3.8) is 0 Å². The topological polar surface area (TPSA) is 78.4 Å². The lowest BCUT2D eigenvalue weighted by Gasteiger charge is -2.14. The van der Waals surface area contributed by atoms with Crippen molar-refractivity contribution in [2.45, 2.75) is 20.3 Å². The number of amides is 1. The Kier molecular flexibility index (Phi) is 9.11. The van der Waals surface area contributed by atoms with Crippen LogP contribution in [0.4, 0.5) is 0 Å². The minimum absolute atomic E-state index is 0.256. The quantitative estimate of drug-likeness (QED) is 0.337. The maximum atomic E-state index is 10.9. The highest BCUT2D eigenvalue weighted by molar-refractivity contribution is 6.32. The Hall–Kier alpha value is -2.93. The van der Waals surface area contributed by atoms with Crippen LogP contribution < -0.4 is 24.4 Å². The van der Waals surface area contributed by atoms with E-state index >= 15 is 0 Å². The largest absolute Gasteiger partial charge is 0.497 e. The molecule has 0 bridgehead atoms. The number of ether oxygens (including phenoxy) is 4. The van der Waals surface area contributed by atoms with Gasteiger partial charge < -0.3 is 18.9 Å². The Morgan fingerprint density at radius 3 is 2.62 bits per heavy atom. The molecule has 0 aliphatic carbocycles. The third-order valence-corrected chi connectivity index (χ3v) is 3.89. The van der Waals surface area contributed by atoms with Gasteiger partial charge in [-0.15, -0.1) is 0 Å². The van der Waals surface area contributed by atoms with Gasteiger partial charge in [0.15, 0.2) is 11.5 Å². The summed E-state index contributed by atoms with van der Waals surface area (Å²) in [7, 11) is 1.61. The van der Waals surface area contributed by atoms with Crippen LogP contribution in [0.3, 0.4) is 0 Å². The van der Waals surface area contributed by atoms with E-state index < -0.39 is 0 Å². The molecule has 7 nitrogen and oxygen atoms in total. The van der Waals surface area contributed by atoms with Gasteiger partial charge in [-0.25, -0.2) is 5.43 Å². The highest BCUT2D eigenvalue weighted by atomic mass is 35.5. The van der Waals surface area contributed by atoms with Gasteiger partial charge in [-0.2, -0.15) is 5.10 Å². The molecule has 8 heteroatoms. The molecule has 156 valence electrons. The van der Waals surface area contributed by atoms with Gasteiger partial charge >= 0.3 is 0 Å². The lowest BCUT2D eigenvalue weighted by molar-refractivity contribution is -0.118. The second-order valence-corrected chi connectivity index (χ2v) is 6.33. The second kappa shape index (κ2) is 11.8. The second-order valence-electron chi connectivity index (χ2n) is 5.92. The molecule has 1 amide bonds. The van der Waals surface area contributed by atoms with E-state index in [9.17, 15) is 4.79 Å². The summed E-state index contributed by atoms with van der Waals surface area (Å²) >= 11 is 6.35. The van der Waals surface area contributed by atoms with Crippen LogP contribution in [0, 0.1) is 0 Å². The van der Waals surface area contributed by atoms with Crippen LogP contribution in [0.15, 0.2) is 41.5 Å². The fraction of sp³-hybridized carbons (Fsp3) is 0.333. The van der Waals surface area contributed by atoms with Gasteiger partial charge in [0, 0.05) is 19.4 Å². The number of nitrogens with one attached hydrogen (secondary N) is 1. The van der Waals surface area contributed by atoms with Crippen molar-refractivity contribution in [1.29, 1.82) is 0 Å². The Balaban J connectivity index is 1.92. The van der Waals surface area contributed by atoms with Gasteiger partial charge in [-0.1, -0.05) is 17.7 Å². The first-order valence-corrected chi connectivity index (χ1v) is 9.57. The molecule has 0 saturated carbocycles. The highest BCUT2D eigenvalue weighted by Crippen LogP contribution is 2.36. The summed E-state index contributed by atoms with van der Waals surface area (Å²) in [6.07, 6.45) is 2.15. The number of nitrogens with zero attached hydrogens (tertiary/aromatic N) is 1. The smallest absolute Gasteiger partial charge is 0.236 e. The van der Waals surface area contributed by atoms with Crippen molar-refractivity contribution in [1.82, 2.24) is 5.43 Å². The molecule has 0 fully saturated rings. The average Bonchev–Trinajstić information content (AvgIpc) is 2.69. The lowest BCUT2D eigenvalue weighted by atomic mass is 10.2. The molecule has 0 atom stereocenters. The van der Waals surface area contributed by atoms with Gasteiger partial charge in [-0.3, -0.25) is 4.79 Å². The van der Waals surface area contributed by atoms with Crippen LogP contribution in [0.1, 0.15) is 25.8 Å². The normalized spacial score (nSPS) is 10.6. The molecule has 2 aromatic rings. The Morgan fingerprint density at radius 1 is 1.14 bits per heavy atom. The maximum absolute atomic E-state index is 10.9. The fourth-order valence-corrected chi connectivity index (χ4v) is 2.65. The summed E-state index contributed by atoms with van der Waals surface area (Å²) in [5.41, 5.74) is 3.02. The zero-order valence-electron chi connectivity index (χ0n) is 16.7. The van der Waals surface area contributed by atoms with Crippen LogP contribution in [0.2, 0.25) is 5.02 Å². The third kappa shape index (κ3) is 7.54. The zero-order chi connectivity index (χ0) is 21.1. The fourth-order valence-electron chi connectivity index (χ4n) is 2.38. The molecule has 0 radical (unpaired) electrons. The number of hydrogen-bond acceptors (Lipinski definition) is 6. The molecule has 0 heterocycles. The Bertz CT molecular complexity index is 842. The first kappa shape index (κ1) is 22.4. The SMILES string of the molecule is CCOc1cc(/C=N\NC(C)=O)cc(Cl)c1OCCCOc1cccc(OC)c1. The first-order chi connectivity index (χ1) is 14.0. The molecule has 0 saturated heterocycles. The van der Waals surface area contributed by atoms with Crippen LogP contribution in [0.5, 0.6) is 23.0 Å². The summed E-state index contributed by atoms with van der Waals surface area (Å²) in [6, 6.07) is 10.9. The molecule has 1 N–H and O–H groups in total. The van der Waals surface area contributed by atoms with Crippen LogP contribution in [-0.4, -0.2) is 39.1 Å². The van der Waals surface area contributed by atoms with E-state index in [4.69, 9.17) is 30.5 Å². The molecule has 0 unspecified atom stereocenters. The molecular formula is C21H25ClN2O5. The van der Waals surface area contributed by atoms with Gasteiger partial charge in [-0.05, 0) is 36.8 Å². The number of rotatable bonds is 11. The van der Waals surface area contributed by atoms with E-state index in [0.717, 1.165) is 11.5 Å². The number of benzene rings is 2. The van der Waals surface area contributed by atoms with E-state index in [1.807, 2.05) is 31.2 Å². The molecule has 0 aliphatic rings. The lowest BCUT2D eigenvalue weighted by Crippen LogP contribution is -2.12. The van der Waals surface area contributed by atoms with Gasteiger partial charge in [0.25, 0.3) is 0 Å². The minimum Gasteiger partial charge on any atom is -0.497 e. The first-order valence-electron chi connectivity index (χ1n) is 9.19. The summed E-state index contributed by atoms with van der Waals surface area (Å²) < 4.78 is 22.3.